The van der Waals surface area contributed by atoms with Crippen LogP contribution in [0.3, 0.4) is 0 Å². The number of pyridine rings is 1. The minimum absolute atomic E-state index is 0.0107. The van der Waals surface area contributed by atoms with Crippen LogP contribution in [0.4, 0.5) is 10.5 Å². The van der Waals surface area contributed by atoms with E-state index < -0.39 is 17.9 Å². The SMILES string of the molecule is COC(=O)NNC(=O)c1cc2cc(Br)ccc2c(Cl)c1NC(=O)c1cc(Cl)nn1-c1ncccc1Cl. The van der Waals surface area contributed by atoms with Crippen molar-refractivity contribution in [2.75, 3.05) is 12.4 Å². The van der Waals surface area contributed by atoms with E-state index in [1.807, 2.05) is 0 Å². The van der Waals surface area contributed by atoms with Gasteiger partial charge in [0.25, 0.3) is 11.8 Å². The van der Waals surface area contributed by atoms with Crippen molar-refractivity contribution >= 4 is 85.1 Å². The summed E-state index contributed by atoms with van der Waals surface area (Å²) < 4.78 is 6.37. The molecule has 0 aliphatic carbocycles. The molecule has 3 N–H and O–H groups in total. The number of carbonyl (C=O) groups excluding carboxylic acids is 3. The first-order chi connectivity index (χ1) is 17.2. The van der Waals surface area contributed by atoms with Gasteiger partial charge < -0.3 is 10.1 Å². The number of rotatable bonds is 4. The van der Waals surface area contributed by atoms with E-state index in [0.29, 0.717) is 10.8 Å². The number of ether oxygens (including phenoxy) is 1. The van der Waals surface area contributed by atoms with Gasteiger partial charge in [-0.15, -0.1) is 0 Å². The molecule has 0 aliphatic rings. The standard InChI is InChI=1S/C22H14BrCl3N6O4/c1-36-22(35)30-29-20(33)13-8-10-7-11(23)4-5-12(10)17(26)18(13)28-21(34)15-9-16(25)31-32(15)19-14(24)3-2-6-27-19/h2-9H,1H3,(H,28,34)(H,29,33)(H,30,35). The van der Waals surface area contributed by atoms with Crippen molar-refractivity contribution in [2.24, 2.45) is 0 Å². The van der Waals surface area contributed by atoms with E-state index in [-0.39, 0.29) is 38.0 Å². The van der Waals surface area contributed by atoms with Crippen LogP contribution < -0.4 is 16.2 Å². The predicted octanol–water partition coefficient (Wildman–Crippen LogP) is 5.40. The van der Waals surface area contributed by atoms with Crippen LogP contribution in [0.2, 0.25) is 15.2 Å². The Balaban J connectivity index is 1.79. The van der Waals surface area contributed by atoms with Gasteiger partial charge in [0, 0.05) is 22.1 Å². The number of nitrogens with one attached hydrogen (secondary N) is 3. The van der Waals surface area contributed by atoms with Gasteiger partial charge in [-0.25, -0.2) is 19.9 Å². The first-order valence-corrected chi connectivity index (χ1v) is 11.9. The minimum Gasteiger partial charge on any atom is -0.452 e. The molecule has 4 aromatic rings. The van der Waals surface area contributed by atoms with Crippen molar-refractivity contribution in [1.82, 2.24) is 25.6 Å². The fourth-order valence-electron chi connectivity index (χ4n) is 3.25. The Kier molecular flexibility index (Phi) is 7.65. The fourth-order valence-corrected chi connectivity index (χ4v) is 4.33. The Morgan fingerprint density at radius 3 is 2.53 bits per heavy atom. The van der Waals surface area contributed by atoms with Crippen LogP contribution in [-0.2, 0) is 4.74 Å². The zero-order chi connectivity index (χ0) is 26.0. The van der Waals surface area contributed by atoms with Gasteiger partial charge in [0.2, 0.25) is 0 Å². The van der Waals surface area contributed by atoms with Crippen molar-refractivity contribution in [3.63, 3.8) is 0 Å². The van der Waals surface area contributed by atoms with Crippen LogP contribution >= 0.6 is 50.7 Å². The van der Waals surface area contributed by atoms with Crippen LogP contribution in [0.25, 0.3) is 16.6 Å². The van der Waals surface area contributed by atoms with Gasteiger partial charge >= 0.3 is 6.09 Å². The maximum absolute atomic E-state index is 13.4. The number of amides is 3. The van der Waals surface area contributed by atoms with Gasteiger partial charge in [0.1, 0.15) is 5.69 Å². The third-order valence-electron chi connectivity index (χ3n) is 4.84. The Labute approximate surface area is 227 Å². The number of aromatic nitrogens is 3. The van der Waals surface area contributed by atoms with E-state index >= 15 is 0 Å². The summed E-state index contributed by atoms with van der Waals surface area (Å²) in [5, 5.41) is 8.24. The lowest BCUT2D eigenvalue weighted by atomic mass is 10.0. The van der Waals surface area contributed by atoms with E-state index in [2.05, 4.69) is 46.9 Å². The molecule has 0 unspecified atom stereocenters. The topological polar surface area (TPSA) is 127 Å². The number of fused-ring (bicyclic) bond motifs is 1. The predicted molar refractivity (Wildman–Crippen MR) is 139 cm³/mol. The maximum atomic E-state index is 13.4. The summed E-state index contributed by atoms with van der Waals surface area (Å²) in [5.41, 5.74) is 4.21. The Hall–Kier alpha value is -3.38. The molecule has 0 radical (unpaired) electrons. The van der Waals surface area contributed by atoms with E-state index in [9.17, 15) is 14.4 Å². The number of carbonyl (C=O) groups is 3. The monoisotopic (exact) mass is 610 g/mol. The fraction of sp³-hybridized carbons (Fsp3) is 0.0455. The van der Waals surface area contributed by atoms with Crippen LogP contribution in [-0.4, -0.2) is 39.8 Å². The third kappa shape index (κ3) is 5.24. The van der Waals surface area contributed by atoms with Crippen molar-refractivity contribution < 1.29 is 19.1 Å². The Morgan fingerprint density at radius 1 is 1.03 bits per heavy atom. The summed E-state index contributed by atoms with van der Waals surface area (Å²) in [6.07, 6.45) is 0.586. The van der Waals surface area contributed by atoms with Crippen molar-refractivity contribution in [2.45, 2.75) is 0 Å². The van der Waals surface area contributed by atoms with E-state index in [1.165, 1.54) is 23.0 Å². The van der Waals surface area contributed by atoms with Crippen LogP contribution in [0.1, 0.15) is 20.8 Å². The van der Waals surface area contributed by atoms with Crippen molar-refractivity contribution in [3.8, 4) is 5.82 Å². The second kappa shape index (κ2) is 10.7. The summed E-state index contributed by atoms with van der Waals surface area (Å²) in [6, 6.07) is 11.3. The first kappa shape index (κ1) is 25.7. The Bertz CT molecular complexity index is 1530. The number of benzene rings is 2. The summed E-state index contributed by atoms with van der Waals surface area (Å²) in [7, 11) is 1.14. The lowest BCUT2D eigenvalue weighted by molar-refractivity contribution is 0.0921. The molecular weight excluding hydrogens is 599 g/mol. The molecular formula is C22H14BrCl3N6O4. The van der Waals surface area contributed by atoms with Crippen LogP contribution in [0.15, 0.2) is 53.1 Å². The normalized spacial score (nSPS) is 10.7. The quantitative estimate of drug-likeness (QED) is 0.265. The molecule has 10 nitrogen and oxygen atoms in total. The number of halogens is 4. The van der Waals surface area contributed by atoms with Gasteiger partial charge in [-0.1, -0.05) is 56.8 Å². The lowest BCUT2D eigenvalue weighted by Crippen LogP contribution is -2.41. The number of hydrogen-bond acceptors (Lipinski definition) is 6. The second-order valence-electron chi connectivity index (χ2n) is 7.08. The molecule has 0 spiro atoms. The van der Waals surface area contributed by atoms with Gasteiger partial charge in [0.05, 0.1) is 28.4 Å². The number of hydrazine groups is 1. The molecule has 0 saturated carbocycles. The highest BCUT2D eigenvalue weighted by molar-refractivity contribution is 9.10. The molecule has 4 rings (SSSR count). The van der Waals surface area contributed by atoms with E-state index in [0.717, 1.165) is 11.6 Å². The molecule has 2 aromatic carbocycles. The molecule has 14 heteroatoms. The number of methoxy groups -OCH3 is 1. The number of hydrogen-bond donors (Lipinski definition) is 3. The molecule has 0 saturated heterocycles. The van der Waals surface area contributed by atoms with Gasteiger partial charge in [-0.3, -0.25) is 15.0 Å². The first-order valence-electron chi connectivity index (χ1n) is 9.93. The molecule has 2 heterocycles. The Morgan fingerprint density at radius 2 is 1.81 bits per heavy atom. The van der Waals surface area contributed by atoms with Gasteiger partial charge in [-0.2, -0.15) is 5.10 Å². The molecule has 0 bridgehead atoms. The van der Waals surface area contributed by atoms with Crippen molar-refractivity contribution in [1.29, 1.82) is 0 Å². The largest absolute Gasteiger partial charge is 0.452 e. The van der Waals surface area contributed by atoms with E-state index in [1.54, 1.807) is 30.3 Å². The molecule has 0 fully saturated rings. The van der Waals surface area contributed by atoms with Gasteiger partial charge in [0.15, 0.2) is 11.0 Å². The van der Waals surface area contributed by atoms with Crippen molar-refractivity contribution in [3.05, 3.63) is 79.6 Å². The van der Waals surface area contributed by atoms with Crippen LogP contribution in [0.5, 0.6) is 0 Å². The molecule has 36 heavy (non-hydrogen) atoms. The zero-order valence-electron chi connectivity index (χ0n) is 18.1. The summed E-state index contributed by atoms with van der Waals surface area (Å²) in [5.74, 6) is -1.30. The second-order valence-corrected chi connectivity index (χ2v) is 9.16. The third-order valence-corrected chi connectivity index (χ3v) is 6.20. The van der Waals surface area contributed by atoms with Gasteiger partial charge in [-0.05, 0) is 35.7 Å². The zero-order valence-corrected chi connectivity index (χ0v) is 22.0. The molecule has 2 aromatic heterocycles. The molecule has 3 amide bonds. The lowest BCUT2D eigenvalue weighted by Gasteiger charge is -2.16. The maximum Gasteiger partial charge on any atom is 0.425 e. The average Bonchev–Trinajstić information content (AvgIpc) is 3.25. The highest BCUT2D eigenvalue weighted by atomic mass is 79.9. The number of nitrogens with zero attached hydrogens (tertiary/aromatic N) is 3. The number of anilines is 1. The smallest absolute Gasteiger partial charge is 0.425 e. The molecule has 0 atom stereocenters. The average molecular weight is 613 g/mol. The van der Waals surface area contributed by atoms with E-state index in [4.69, 9.17) is 34.8 Å². The molecule has 0 aliphatic heterocycles. The summed E-state index contributed by atoms with van der Waals surface area (Å²) >= 11 is 22.3. The highest BCUT2D eigenvalue weighted by Crippen LogP contribution is 2.36. The summed E-state index contributed by atoms with van der Waals surface area (Å²) in [6.45, 7) is 0. The molecule has 184 valence electrons. The highest BCUT2D eigenvalue weighted by Gasteiger charge is 2.24. The van der Waals surface area contributed by atoms with Crippen LogP contribution in [0, 0.1) is 0 Å². The summed E-state index contributed by atoms with van der Waals surface area (Å²) in [4.78, 5) is 41.9. The minimum atomic E-state index is -0.894.